The van der Waals surface area contributed by atoms with Crippen LogP contribution >= 0.6 is 0 Å². The summed E-state index contributed by atoms with van der Waals surface area (Å²) in [6, 6.07) is 9.69. The Hall–Kier alpha value is -2.89. The molecule has 0 unspecified atom stereocenters. The maximum absolute atomic E-state index is 12.0. The first kappa shape index (κ1) is 13.1. The lowest BCUT2D eigenvalue weighted by atomic mass is 10.2. The van der Waals surface area contributed by atoms with Crippen LogP contribution in [0.1, 0.15) is 29.0 Å². The van der Waals surface area contributed by atoms with E-state index in [4.69, 9.17) is 0 Å². The minimum absolute atomic E-state index is 0.140. The van der Waals surface area contributed by atoms with Gasteiger partial charge in [-0.2, -0.15) is 5.10 Å². The third kappa shape index (κ3) is 2.84. The number of rotatable bonds is 4. The van der Waals surface area contributed by atoms with Crippen molar-refractivity contribution in [3.8, 4) is 5.69 Å². The van der Waals surface area contributed by atoms with Crippen LogP contribution in [0.3, 0.4) is 0 Å². The lowest BCUT2D eigenvalue weighted by Gasteiger charge is -2.10. The fourth-order valence-corrected chi connectivity index (χ4v) is 2.02. The van der Waals surface area contributed by atoms with Gasteiger partial charge < -0.3 is 10.3 Å². The number of carbonyl (C=O) groups excluding carboxylic acids is 1. The molecule has 0 saturated carbocycles. The Morgan fingerprint density at radius 2 is 2.10 bits per heavy atom. The maximum atomic E-state index is 12.0. The number of H-pyrrole nitrogens is 1. The Morgan fingerprint density at radius 1 is 1.29 bits per heavy atom. The number of aromatic nitrogens is 4. The number of carbonyl (C=O) groups is 1. The molecule has 0 spiro atoms. The molecule has 1 amide bonds. The van der Waals surface area contributed by atoms with Crippen molar-refractivity contribution in [2.75, 3.05) is 0 Å². The molecule has 0 radical (unpaired) electrons. The van der Waals surface area contributed by atoms with Gasteiger partial charge in [-0.05, 0) is 19.1 Å². The molecule has 2 aromatic heterocycles. The lowest BCUT2D eigenvalue weighted by molar-refractivity contribution is 0.0935. The van der Waals surface area contributed by atoms with Gasteiger partial charge in [0.2, 0.25) is 0 Å². The highest BCUT2D eigenvalue weighted by atomic mass is 16.1. The number of benzene rings is 1. The number of para-hydroxylation sites is 1. The van der Waals surface area contributed by atoms with Gasteiger partial charge in [0.1, 0.15) is 5.69 Å². The van der Waals surface area contributed by atoms with Gasteiger partial charge in [0.25, 0.3) is 5.91 Å². The minimum Gasteiger partial charge on any atom is -0.344 e. The van der Waals surface area contributed by atoms with Crippen molar-refractivity contribution in [1.29, 1.82) is 0 Å². The number of nitrogens with one attached hydrogen (secondary N) is 2. The van der Waals surface area contributed by atoms with E-state index in [9.17, 15) is 4.79 Å². The van der Waals surface area contributed by atoms with E-state index >= 15 is 0 Å². The van der Waals surface area contributed by atoms with Crippen LogP contribution < -0.4 is 5.32 Å². The topological polar surface area (TPSA) is 75.6 Å². The molecule has 2 N–H and O–H groups in total. The van der Waals surface area contributed by atoms with Crippen LogP contribution in [0.4, 0.5) is 0 Å². The van der Waals surface area contributed by atoms with Gasteiger partial charge in [-0.15, -0.1) is 0 Å². The van der Waals surface area contributed by atoms with Gasteiger partial charge in [0, 0.05) is 11.8 Å². The molecule has 0 saturated heterocycles. The summed E-state index contributed by atoms with van der Waals surface area (Å²) >= 11 is 0. The second kappa shape index (κ2) is 5.62. The highest BCUT2D eigenvalue weighted by molar-refractivity contribution is 5.92. The van der Waals surface area contributed by atoms with Crippen molar-refractivity contribution in [3.05, 3.63) is 66.5 Å². The molecule has 6 heteroatoms. The van der Waals surface area contributed by atoms with Gasteiger partial charge in [0.05, 0.1) is 30.5 Å². The van der Waals surface area contributed by atoms with Crippen molar-refractivity contribution < 1.29 is 4.79 Å². The average Bonchev–Trinajstić information content (AvgIpc) is 3.20. The summed E-state index contributed by atoms with van der Waals surface area (Å²) in [5.74, 6) is -0.188. The van der Waals surface area contributed by atoms with Gasteiger partial charge in [-0.25, -0.2) is 9.67 Å². The maximum Gasteiger partial charge on any atom is 0.269 e. The first-order valence-corrected chi connectivity index (χ1v) is 6.63. The molecular weight excluding hydrogens is 266 g/mol. The second-order valence-corrected chi connectivity index (χ2v) is 4.71. The Kier molecular flexibility index (Phi) is 3.51. The Balaban J connectivity index is 1.73. The third-order valence-corrected chi connectivity index (χ3v) is 3.21. The quantitative estimate of drug-likeness (QED) is 0.769. The Bertz CT molecular complexity index is 718. The predicted molar refractivity (Wildman–Crippen MR) is 78.0 cm³/mol. The van der Waals surface area contributed by atoms with E-state index in [2.05, 4.69) is 20.4 Å². The van der Waals surface area contributed by atoms with Gasteiger partial charge in [0.15, 0.2) is 0 Å². The largest absolute Gasteiger partial charge is 0.344 e. The van der Waals surface area contributed by atoms with Crippen LogP contribution in [0.25, 0.3) is 5.69 Å². The number of amides is 1. The van der Waals surface area contributed by atoms with E-state index in [-0.39, 0.29) is 11.9 Å². The molecule has 0 aliphatic heterocycles. The van der Waals surface area contributed by atoms with Gasteiger partial charge >= 0.3 is 0 Å². The van der Waals surface area contributed by atoms with Crippen molar-refractivity contribution in [2.45, 2.75) is 13.0 Å². The van der Waals surface area contributed by atoms with Crippen molar-refractivity contribution in [1.82, 2.24) is 25.1 Å². The molecule has 106 valence electrons. The molecule has 3 rings (SSSR count). The minimum atomic E-state index is -0.188. The Morgan fingerprint density at radius 3 is 2.81 bits per heavy atom. The first-order chi connectivity index (χ1) is 10.2. The smallest absolute Gasteiger partial charge is 0.269 e. The number of nitrogens with zero attached hydrogens (tertiary/aromatic N) is 3. The van der Waals surface area contributed by atoms with E-state index in [1.165, 1.54) is 12.5 Å². The molecule has 0 bridgehead atoms. The Labute approximate surface area is 121 Å². The summed E-state index contributed by atoms with van der Waals surface area (Å²) in [5.41, 5.74) is 2.36. The standard InChI is InChI=1S/C15H15N5O/c1-11(19-15(21)14-8-16-10-17-14)12-7-18-20(9-12)13-5-3-2-4-6-13/h2-11H,1H3,(H,16,17)(H,19,21)/t11-/m0/s1. The highest BCUT2D eigenvalue weighted by Gasteiger charge is 2.14. The fraction of sp³-hybridized carbons (Fsp3) is 0.133. The van der Waals surface area contributed by atoms with E-state index in [1.807, 2.05) is 43.5 Å². The van der Waals surface area contributed by atoms with Crippen LogP contribution in [0.5, 0.6) is 0 Å². The summed E-state index contributed by atoms with van der Waals surface area (Å²) in [4.78, 5) is 18.6. The van der Waals surface area contributed by atoms with Gasteiger partial charge in [-0.3, -0.25) is 4.79 Å². The van der Waals surface area contributed by atoms with Crippen LogP contribution in [0.15, 0.2) is 55.2 Å². The van der Waals surface area contributed by atoms with Crippen molar-refractivity contribution >= 4 is 5.91 Å². The van der Waals surface area contributed by atoms with Crippen LogP contribution in [-0.4, -0.2) is 25.7 Å². The fourth-order valence-electron chi connectivity index (χ4n) is 2.02. The zero-order valence-corrected chi connectivity index (χ0v) is 11.5. The molecule has 0 aliphatic rings. The summed E-state index contributed by atoms with van der Waals surface area (Å²) < 4.78 is 1.79. The zero-order chi connectivity index (χ0) is 14.7. The molecular formula is C15H15N5O. The number of aromatic amines is 1. The van der Waals surface area contributed by atoms with E-state index in [1.54, 1.807) is 10.9 Å². The average molecular weight is 281 g/mol. The lowest BCUT2D eigenvalue weighted by Crippen LogP contribution is -2.26. The summed E-state index contributed by atoms with van der Waals surface area (Å²) in [5, 5.41) is 7.22. The molecule has 3 aromatic rings. The summed E-state index contributed by atoms with van der Waals surface area (Å²) in [6.45, 7) is 1.92. The number of imidazole rings is 1. The molecule has 1 atom stereocenters. The molecule has 0 fully saturated rings. The third-order valence-electron chi connectivity index (χ3n) is 3.21. The van der Waals surface area contributed by atoms with Crippen LogP contribution in [0, 0.1) is 0 Å². The van der Waals surface area contributed by atoms with Crippen molar-refractivity contribution in [3.63, 3.8) is 0 Å². The number of hydrogen-bond donors (Lipinski definition) is 2. The highest BCUT2D eigenvalue weighted by Crippen LogP contribution is 2.14. The molecule has 6 nitrogen and oxygen atoms in total. The molecule has 1 aromatic carbocycles. The number of hydrogen-bond acceptors (Lipinski definition) is 3. The van der Waals surface area contributed by atoms with Crippen LogP contribution in [0.2, 0.25) is 0 Å². The zero-order valence-electron chi connectivity index (χ0n) is 11.5. The predicted octanol–water partition coefficient (Wildman–Crippen LogP) is 2.09. The van der Waals surface area contributed by atoms with Crippen molar-refractivity contribution in [2.24, 2.45) is 0 Å². The first-order valence-electron chi connectivity index (χ1n) is 6.63. The van der Waals surface area contributed by atoms with E-state index in [0.29, 0.717) is 5.69 Å². The summed E-state index contributed by atoms with van der Waals surface area (Å²) in [6.07, 6.45) is 6.64. The molecule has 0 aliphatic carbocycles. The normalized spacial score (nSPS) is 12.0. The second-order valence-electron chi connectivity index (χ2n) is 4.71. The van der Waals surface area contributed by atoms with E-state index in [0.717, 1.165) is 11.3 Å². The molecule has 21 heavy (non-hydrogen) atoms. The monoisotopic (exact) mass is 281 g/mol. The summed E-state index contributed by atoms with van der Waals surface area (Å²) in [7, 11) is 0. The van der Waals surface area contributed by atoms with Crippen LogP contribution in [-0.2, 0) is 0 Å². The SMILES string of the molecule is C[C@H](NC(=O)c1cnc[nH]1)c1cnn(-c2ccccc2)c1. The van der Waals surface area contributed by atoms with E-state index < -0.39 is 0 Å². The molecule has 2 heterocycles. The van der Waals surface area contributed by atoms with Gasteiger partial charge in [-0.1, -0.05) is 18.2 Å².